The Morgan fingerprint density at radius 2 is 1.64 bits per heavy atom. The third-order valence-electron chi connectivity index (χ3n) is 3.68. The van der Waals surface area contributed by atoms with Crippen LogP contribution in [0.5, 0.6) is 11.5 Å². The van der Waals surface area contributed by atoms with Gasteiger partial charge in [0.2, 0.25) is 5.91 Å². The average Bonchev–Trinajstić information content (AvgIpc) is 2.64. The van der Waals surface area contributed by atoms with Crippen LogP contribution in [0.4, 0.5) is 4.39 Å². The number of rotatable bonds is 8. The molecule has 0 radical (unpaired) electrons. The van der Waals surface area contributed by atoms with E-state index in [2.05, 4.69) is 5.32 Å². The largest absolute Gasteiger partial charge is 0.493 e. The van der Waals surface area contributed by atoms with E-state index in [1.54, 1.807) is 26.4 Å². The molecule has 2 aromatic rings. The summed E-state index contributed by atoms with van der Waals surface area (Å²) in [5.41, 5.74) is 1.25. The molecule has 1 amide bonds. The molecule has 0 bridgehead atoms. The summed E-state index contributed by atoms with van der Waals surface area (Å²) in [6.45, 7) is 0.323. The molecule has 2 aromatic carbocycles. The molecule has 0 aliphatic heterocycles. The highest BCUT2D eigenvalue weighted by molar-refractivity contribution is 5.97. The fraction of sp³-hybridized carbons (Fsp3) is 0.263. The summed E-state index contributed by atoms with van der Waals surface area (Å²) in [4.78, 5) is 23.9. The van der Waals surface area contributed by atoms with Gasteiger partial charge in [0.25, 0.3) is 0 Å². The highest BCUT2D eigenvalue weighted by Gasteiger charge is 2.10. The fourth-order valence-electron chi connectivity index (χ4n) is 2.29. The first-order chi connectivity index (χ1) is 12.0. The summed E-state index contributed by atoms with van der Waals surface area (Å²) >= 11 is 0. The Bertz CT molecular complexity index is 744. The second-order valence-corrected chi connectivity index (χ2v) is 5.40. The van der Waals surface area contributed by atoms with E-state index >= 15 is 0 Å². The van der Waals surface area contributed by atoms with Crippen LogP contribution in [-0.2, 0) is 11.3 Å². The maximum Gasteiger partial charge on any atom is 0.220 e. The third kappa shape index (κ3) is 5.31. The maximum absolute atomic E-state index is 12.8. The van der Waals surface area contributed by atoms with Gasteiger partial charge in [0.1, 0.15) is 5.82 Å². The Morgan fingerprint density at radius 3 is 2.28 bits per heavy atom. The molecule has 6 heteroatoms. The van der Waals surface area contributed by atoms with E-state index in [4.69, 9.17) is 9.47 Å². The molecule has 0 saturated carbocycles. The summed E-state index contributed by atoms with van der Waals surface area (Å²) in [5.74, 6) is 0.374. The van der Waals surface area contributed by atoms with Crippen LogP contribution in [0.15, 0.2) is 42.5 Å². The first kappa shape index (κ1) is 18.4. The van der Waals surface area contributed by atoms with Crippen LogP contribution < -0.4 is 14.8 Å². The summed E-state index contributed by atoms with van der Waals surface area (Å²) in [7, 11) is 3.10. The summed E-state index contributed by atoms with van der Waals surface area (Å²) in [6, 6.07) is 10.7. The summed E-state index contributed by atoms with van der Waals surface area (Å²) < 4.78 is 23.2. The van der Waals surface area contributed by atoms with E-state index in [0.717, 1.165) is 5.56 Å². The first-order valence-electron chi connectivity index (χ1n) is 7.80. The molecular formula is C19H20FNO4. The molecule has 0 spiro atoms. The lowest BCUT2D eigenvalue weighted by molar-refractivity contribution is -0.121. The number of nitrogens with one attached hydrogen (secondary N) is 1. The molecule has 25 heavy (non-hydrogen) atoms. The van der Waals surface area contributed by atoms with Crippen LogP contribution in [-0.4, -0.2) is 25.9 Å². The molecule has 0 fully saturated rings. The molecular weight excluding hydrogens is 325 g/mol. The molecule has 0 saturated heterocycles. The molecule has 0 atom stereocenters. The highest BCUT2D eigenvalue weighted by atomic mass is 19.1. The number of carbonyl (C=O) groups is 2. The zero-order chi connectivity index (χ0) is 18.2. The molecule has 2 rings (SSSR count). The van der Waals surface area contributed by atoms with Crippen LogP contribution in [0.1, 0.15) is 28.8 Å². The van der Waals surface area contributed by atoms with Gasteiger partial charge in [0.15, 0.2) is 17.3 Å². The second-order valence-electron chi connectivity index (χ2n) is 5.40. The topological polar surface area (TPSA) is 64.6 Å². The van der Waals surface area contributed by atoms with Crippen molar-refractivity contribution in [3.63, 3.8) is 0 Å². The number of benzene rings is 2. The van der Waals surface area contributed by atoms with Crippen molar-refractivity contribution in [2.24, 2.45) is 0 Å². The number of carbonyl (C=O) groups excluding carboxylic acids is 2. The van der Waals surface area contributed by atoms with E-state index in [-0.39, 0.29) is 24.5 Å². The SMILES string of the molecule is COc1ccc(CNC(=O)CCC(=O)c2ccc(F)cc2)cc1OC. The number of halogens is 1. The van der Waals surface area contributed by atoms with Crippen molar-refractivity contribution in [1.29, 1.82) is 0 Å². The van der Waals surface area contributed by atoms with Gasteiger partial charge in [-0.15, -0.1) is 0 Å². The average molecular weight is 345 g/mol. The highest BCUT2D eigenvalue weighted by Crippen LogP contribution is 2.27. The predicted molar refractivity (Wildman–Crippen MR) is 91.4 cm³/mol. The maximum atomic E-state index is 12.8. The molecule has 5 nitrogen and oxygen atoms in total. The van der Waals surface area contributed by atoms with Gasteiger partial charge in [-0.1, -0.05) is 6.07 Å². The van der Waals surface area contributed by atoms with E-state index < -0.39 is 5.82 Å². The van der Waals surface area contributed by atoms with Crippen molar-refractivity contribution in [3.8, 4) is 11.5 Å². The molecule has 0 aliphatic rings. The molecule has 0 unspecified atom stereocenters. The molecule has 0 aliphatic carbocycles. The van der Waals surface area contributed by atoms with Gasteiger partial charge in [-0.2, -0.15) is 0 Å². The van der Waals surface area contributed by atoms with Crippen molar-refractivity contribution in [3.05, 3.63) is 59.4 Å². The van der Waals surface area contributed by atoms with Gasteiger partial charge < -0.3 is 14.8 Å². The van der Waals surface area contributed by atoms with Crippen LogP contribution >= 0.6 is 0 Å². The number of amides is 1. The Kier molecular flexibility index (Phi) is 6.51. The Morgan fingerprint density at radius 1 is 0.960 bits per heavy atom. The molecule has 132 valence electrons. The quantitative estimate of drug-likeness (QED) is 0.747. The van der Waals surface area contributed by atoms with Gasteiger partial charge in [0.05, 0.1) is 14.2 Å². The zero-order valence-corrected chi connectivity index (χ0v) is 14.2. The monoisotopic (exact) mass is 345 g/mol. The second kappa shape index (κ2) is 8.82. The number of methoxy groups -OCH3 is 2. The van der Waals surface area contributed by atoms with Crippen molar-refractivity contribution in [1.82, 2.24) is 5.32 Å². The lowest BCUT2D eigenvalue weighted by atomic mass is 10.1. The van der Waals surface area contributed by atoms with E-state index in [0.29, 0.717) is 23.6 Å². The van der Waals surface area contributed by atoms with Gasteiger partial charge >= 0.3 is 0 Å². The Balaban J connectivity index is 1.82. The van der Waals surface area contributed by atoms with Crippen LogP contribution in [0.2, 0.25) is 0 Å². The van der Waals surface area contributed by atoms with Crippen LogP contribution in [0.3, 0.4) is 0 Å². The van der Waals surface area contributed by atoms with Crippen molar-refractivity contribution >= 4 is 11.7 Å². The van der Waals surface area contributed by atoms with E-state index in [9.17, 15) is 14.0 Å². The Labute approximate surface area is 145 Å². The Hall–Kier alpha value is -2.89. The predicted octanol–water partition coefficient (Wildman–Crippen LogP) is 3.12. The van der Waals surface area contributed by atoms with Crippen LogP contribution in [0, 0.1) is 5.82 Å². The first-order valence-corrected chi connectivity index (χ1v) is 7.80. The molecule has 0 aromatic heterocycles. The number of Topliss-reactive ketones (excluding diaryl/α,β-unsaturated/α-hetero) is 1. The summed E-state index contributed by atoms with van der Waals surface area (Å²) in [5, 5.41) is 2.76. The summed E-state index contributed by atoms with van der Waals surface area (Å²) in [6.07, 6.45) is 0.146. The normalized spacial score (nSPS) is 10.2. The third-order valence-corrected chi connectivity index (χ3v) is 3.68. The van der Waals surface area contributed by atoms with Gasteiger partial charge in [-0.05, 0) is 42.0 Å². The minimum Gasteiger partial charge on any atom is -0.493 e. The van der Waals surface area contributed by atoms with Crippen molar-refractivity contribution < 1.29 is 23.5 Å². The van der Waals surface area contributed by atoms with Crippen LogP contribution in [0.25, 0.3) is 0 Å². The minimum absolute atomic E-state index is 0.0728. The number of ketones is 1. The lowest BCUT2D eigenvalue weighted by Gasteiger charge is -2.10. The zero-order valence-electron chi connectivity index (χ0n) is 14.2. The lowest BCUT2D eigenvalue weighted by Crippen LogP contribution is -2.23. The number of ether oxygens (including phenoxy) is 2. The van der Waals surface area contributed by atoms with Crippen molar-refractivity contribution in [2.45, 2.75) is 19.4 Å². The minimum atomic E-state index is -0.399. The van der Waals surface area contributed by atoms with Crippen molar-refractivity contribution in [2.75, 3.05) is 14.2 Å². The number of hydrogen-bond donors (Lipinski definition) is 1. The van der Waals surface area contributed by atoms with E-state index in [1.165, 1.54) is 24.3 Å². The van der Waals surface area contributed by atoms with E-state index in [1.807, 2.05) is 6.07 Å². The smallest absolute Gasteiger partial charge is 0.220 e. The van der Waals surface area contributed by atoms with Gasteiger partial charge in [0, 0.05) is 24.9 Å². The molecule has 0 heterocycles. The molecule has 1 N–H and O–H groups in total. The van der Waals surface area contributed by atoms with Gasteiger partial charge in [-0.3, -0.25) is 9.59 Å². The van der Waals surface area contributed by atoms with Gasteiger partial charge in [-0.25, -0.2) is 4.39 Å². The number of hydrogen-bond acceptors (Lipinski definition) is 4. The standard InChI is InChI=1S/C19H20FNO4/c1-24-17-9-3-13(11-18(17)25-2)12-21-19(23)10-8-16(22)14-4-6-15(20)7-5-14/h3-7,9,11H,8,10,12H2,1-2H3,(H,21,23). The fourth-order valence-corrected chi connectivity index (χ4v) is 2.29.